The molecule has 0 bridgehead atoms. The van der Waals surface area contributed by atoms with Gasteiger partial charge in [-0.3, -0.25) is 10.1 Å². The third-order valence-corrected chi connectivity index (χ3v) is 6.18. The maximum atomic E-state index is 12.6. The van der Waals surface area contributed by atoms with Gasteiger partial charge in [0.15, 0.2) is 5.16 Å². The number of nitrogens with zero attached hydrogens (tertiary/aromatic N) is 3. The molecule has 0 saturated heterocycles. The molecule has 1 heterocycles. The number of anilines is 2. The molecule has 37 heavy (non-hydrogen) atoms. The van der Waals surface area contributed by atoms with E-state index in [-0.39, 0.29) is 18.3 Å². The lowest BCUT2D eigenvalue weighted by Gasteiger charge is -2.17. The smallest absolute Gasteiger partial charge is 0.416 e. The van der Waals surface area contributed by atoms with Crippen LogP contribution in [-0.2, 0) is 28.7 Å². The van der Waals surface area contributed by atoms with Gasteiger partial charge in [-0.15, -0.1) is 0 Å². The Bertz CT molecular complexity index is 1240. The Labute approximate surface area is 215 Å². The molecule has 3 aromatic rings. The van der Waals surface area contributed by atoms with Gasteiger partial charge in [-0.05, 0) is 42.3 Å². The lowest BCUT2D eigenvalue weighted by Crippen LogP contribution is -2.16. The molecule has 2 N–H and O–H groups in total. The largest absolute Gasteiger partial charge is 0.481 e. The first-order valence-corrected chi connectivity index (χ1v) is 11.9. The highest BCUT2D eigenvalue weighted by Crippen LogP contribution is 2.34. The van der Waals surface area contributed by atoms with E-state index in [9.17, 15) is 22.8 Å². The highest BCUT2D eigenvalue weighted by molar-refractivity contribution is 7.99. The molecule has 3 rings (SSSR count). The zero-order valence-electron chi connectivity index (χ0n) is 20.2. The Hall–Kier alpha value is -3.80. The molecule has 0 spiro atoms. The summed E-state index contributed by atoms with van der Waals surface area (Å²) in [6.45, 7) is 1.80. The van der Waals surface area contributed by atoms with Crippen molar-refractivity contribution in [3.63, 3.8) is 0 Å². The third kappa shape index (κ3) is 8.10. The van der Waals surface area contributed by atoms with Gasteiger partial charge in [0.1, 0.15) is 12.4 Å². The number of thioether (sulfide) groups is 1. The Kier molecular flexibility index (Phi) is 8.98. The Morgan fingerprint density at radius 2 is 1.76 bits per heavy atom. The molecule has 0 aliphatic rings. The van der Waals surface area contributed by atoms with Crippen LogP contribution in [0.5, 0.6) is 0 Å². The minimum absolute atomic E-state index is 0.0407. The van der Waals surface area contributed by atoms with Crippen molar-refractivity contribution in [3.05, 3.63) is 77.0 Å². The fraction of sp³-hybridized carbons (Fsp3) is 0.280. The molecule has 2 aromatic carbocycles. The van der Waals surface area contributed by atoms with Gasteiger partial charge in [0.2, 0.25) is 0 Å². The van der Waals surface area contributed by atoms with Crippen LogP contribution in [0.4, 0.5) is 29.5 Å². The first-order chi connectivity index (χ1) is 17.4. The average molecular weight is 535 g/mol. The number of hydrogen-bond acceptors (Lipinski definition) is 7. The molecule has 0 saturated carbocycles. The van der Waals surface area contributed by atoms with Gasteiger partial charge in [0, 0.05) is 36.8 Å². The van der Waals surface area contributed by atoms with Gasteiger partial charge in [-0.25, -0.2) is 14.8 Å². The number of benzene rings is 2. The Balaban J connectivity index is 1.55. The van der Waals surface area contributed by atoms with E-state index in [2.05, 4.69) is 15.3 Å². The van der Waals surface area contributed by atoms with Crippen molar-refractivity contribution in [2.45, 2.75) is 36.5 Å². The van der Waals surface area contributed by atoms with Crippen LogP contribution in [0, 0.1) is 0 Å². The summed E-state index contributed by atoms with van der Waals surface area (Å²) >= 11 is 1.41. The summed E-state index contributed by atoms with van der Waals surface area (Å²) in [7, 11) is 3.57. The molecule has 12 heteroatoms. The molecule has 1 amide bonds. The number of aliphatic carboxylic acids is 1. The number of carbonyl (C=O) groups excluding carboxylic acids is 1. The molecule has 1 atom stereocenters. The fourth-order valence-electron chi connectivity index (χ4n) is 3.27. The van der Waals surface area contributed by atoms with Crippen LogP contribution >= 0.6 is 11.8 Å². The number of nitrogens with one attached hydrogen (secondary N) is 1. The molecule has 0 radical (unpaired) electrons. The van der Waals surface area contributed by atoms with Crippen molar-refractivity contribution in [3.8, 4) is 0 Å². The summed E-state index contributed by atoms with van der Waals surface area (Å²) in [5.41, 5.74) is 1.61. The molecule has 196 valence electrons. The number of carbonyl (C=O) groups is 2. The van der Waals surface area contributed by atoms with E-state index in [0.29, 0.717) is 27.8 Å². The summed E-state index contributed by atoms with van der Waals surface area (Å²) < 4.78 is 43.0. The maximum Gasteiger partial charge on any atom is 0.416 e. The van der Waals surface area contributed by atoms with Crippen molar-refractivity contribution < 1.29 is 32.6 Å². The van der Waals surface area contributed by atoms with E-state index in [4.69, 9.17) is 9.84 Å². The second-order valence-corrected chi connectivity index (χ2v) is 9.55. The number of hydrogen-bond donors (Lipinski definition) is 2. The topological polar surface area (TPSA) is 105 Å². The van der Waals surface area contributed by atoms with Crippen molar-refractivity contribution >= 4 is 35.3 Å². The van der Waals surface area contributed by atoms with E-state index in [1.165, 1.54) is 30.1 Å². The second kappa shape index (κ2) is 12.0. The van der Waals surface area contributed by atoms with Crippen LogP contribution in [0.25, 0.3) is 0 Å². The quantitative estimate of drug-likeness (QED) is 0.263. The molecular weight excluding hydrogens is 509 g/mol. The fourth-order valence-corrected chi connectivity index (χ4v) is 4.13. The van der Waals surface area contributed by atoms with Crippen molar-refractivity contribution in [2.75, 3.05) is 24.3 Å². The molecule has 0 aliphatic carbocycles. The highest BCUT2D eigenvalue weighted by atomic mass is 32.2. The minimum atomic E-state index is -4.42. The number of halogens is 3. The number of ether oxygens (including phenoxy) is 1. The predicted molar refractivity (Wildman–Crippen MR) is 134 cm³/mol. The van der Waals surface area contributed by atoms with Crippen LogP contribution in [0.3, 0.4) is 0 Å². The molecule has 1 unspecified atom stereocenters. The first-order valence-electron chi connectivity index (χ1n) is 11.0. The van der Waals surface area contributed by atoms with E-state index < -0.39 is 23.8 Å². The molecule has 8 nitrogen and oxygen atoms in total. The zero-order valence-corrected chi connectivity index (χ0v) is 21.1. The van der Waals surface area contributed by atoms with Gasteiger partial charge >= 0.3 is 18.2 Å². The summed E-state index contributed by atoms with van der Waals surface area (Å²) in [6, 6.07) is 11.4. The molecule has 0 fully saturated rings. The third-order valence-electron chi connectivity index (χ3n) is 5.14. The predicted octanol–water partition coefficient (Wildman–Crippen LogP) is 5.79. The minimum Gasteiger partial charge on any atom is -0.481 e. The number of amides is 1. The van der Waals surface area contributed by atoms with Crippen molar-refractivity contribution in [1.82, 2.24) is 9.97 Å². The van der Waals surface area contributed by atoms with E-state index in [1.54, 1.807) is 31.1 Å². The van der Waals surface area contributed by atoms with E-state index in [0.717, 1.165) is 17.7 Å². The Morgan fingerprint density at radius 1 is 1.11 bits per heavy atom. The average Bonchev–Trinajstić information content (AvgIpc) is 2.83. The van der Waals surface area contributed by atoms with Crippen LogP contribution in [0.15, 0.2) is 59.9 Å². The molecular formula is C25H25F3N4O4S. The first kappa shape index (κ1) is 27.8. The van der Waals surface area contributed by atoms with Gasteiger partial charge in [-0.2, -0.15) is 13.2 Å². The van der Waals surface area contributed by atoms with Gasteiger partial charge in [0.05, 0.1) is 12.0 Å². The van der Waals surface area contributed by atoms with Crippen molar-refractivity contribution in [2.24, 2.45) is 0 Å². The zero-order chi connectivity index (χ0) is 27.2. The van der Waals surface area contributed by atoms with Crippen molar-refractivity contribution in [1.29, 1.82) is 0 Å². The SMILES string of the molecule is CC(Sc1ncc(CC(=O)O)c(N(C)C)n1)c1ccc(NC(=O)OCc2ccc(C(F)(F)F)cc2)cc1. The second-order valence-electron chi connectivity index (χ2n) is 8.24. The van der Waals surface area contributed by atoms with Crippen LogP contribution < -0.4 is 10.2 Å². The van der Waals surface area contributed by atoms with Gasteiger partial charge in [-0.1, -0.05) is 36.0 Å². The lowest BCUT2D eigenvalue weighted by molar-refractivity contribution is -0.138. The number of carboxylic acid groups (broad SMARTS) is 1. The van der Waals surface area contributed by atoms with E-state index >= 15 is 0 Å². The van der Waals surface area contributed by atoms with Crippen LogP contribution in [0.2, 0.25) is 0 Å². The summed E-state index contributed by atoms with van der Waals surface area (Å²) in [5, 5.41) is 12.1. The number of rotatable bonds is 9. The summed E-state index contributed by atoms with van der Waals surface area (Å²) in [5.74, 6) is -0.418. The number of carboxylic acids is 1. The maximum absolute atomic E-state index is 12.6. The normalized spacial score (nSPS) is 12.1. The Morgan fingerprint density at radius 3 is 2.32 bits per heavy atom. The molecule has 1 aromatic heterocycles. The van der Waals surface area contributed by atoms with E-state index in [1.807, 2.05) is 19.1 Å². The highest BCUT2D eigenvalue weighted by Gasteiger charge is 2.30. The number of alkyl halides is 3. The van der Waals surface area contributed by atoms with Crippen LogP contribution in [0.1, 0.15) is 34.4 Å². The van der Waals surface area contributed by atoms with Gasteiger partial charge in [0.25, 0.3) is 0 Å². The monoisotopic (exact) mass is 534 g/mol. The molecule has 0 aliphatic heterocycles. The van der Waals surface area contributed by atoms with Gasteiger partial charge < -0.3 is 14.7 Å². The lowest BCUT2D eigenvalue weighted by atomic mass is 10.1. The number of aromatic nitrogens is 2. The summed E-state index contributed by atoms with van der Waals surface area (Å²) in [4.78, 5) is 33.7. The van der Waals surface area contributed by atoms with Crippen LogP contribution in [-0.4, -0.2) is 41.2 Å². The standard InChI is InChI=1S/C25H25F3N4O4S/c1-15(37-23-29-13-18(12-21(33)34)22(31-23)32(2)3)17-6-10-20(11-7-17)30-24(35)36-14-16-4-8-19(9-5-16)25(26,27)28/h4-11,13,15H,12,14H2,1-3H3,(H,30,35)(H,33,34). The summed E-state index contributed by atoms with van der Waals surface area (Å²) in [6.07, 6.45) is -3.81.